The summed E-state index contributed by atoms with van der Waals surface area (Å²) in [5.74, 6) is -3.98. The van der Waals surface area contributed by atoms with Crippen LogP contribution < -0.4 is 10.1 Å². The number of nitrogens with zero attached hydrogens (tertiary/aromatic N) is 2. The van der Waals surface area contributed by atoms with Gasteiger partial charge in [-0.15, -0.1) is 0 Å². The lowest BCUT2D eigenvalue weighted by Crippen LogP contribution is -2.26. The lowest BCUT2D eigenvalue weighted by Gasteiger charge is -2.17. The van der Waals surface area contributed by atoms with Crippen molar-refractivity contribution < 1.29 is 24.5 Å². The summed E-state index contributed by atoms with van der Waals surface area (Å²) in [6.45, 7) is 0.317. The number of hydrogen-bond acceptors (Lipinski definition) is 6. The minimum absolute atomic E-state index is 0.268. The second-order valence-corrected chi connectivity index (χ2v) is 7.17. The van der Waals surface area contributed by atoms with Crippen LogP contribution in [0.4, 0.5) is 5.69 Å². The molecule has 31 heavy (non-hydrogen) atoms. The van der Waals surface area contributed by atoms with Gasteiger partial charge in [-0.05, 0) is 47.9 Å². The van der Waals surface area contributed by atoms with E-state index in [1.807, 2.05) is 6.07 Å². The van der Waals surface area contributed by atoms with Crippen molar-refractivity contribution in [2.24, 2.45) is 5.92 Å². The fourth-order valence-electron chi connectivity index (χ4n) is 3.18. The van der Waals surface area contributed by atoms with Crippen LogP contribution in [0.15, 0.2) is 42.6 Å². The molecule has 0 fully saturated rings. The van der Waals surface area contributed by atoms with E-state index >= 15 is 0 Å². The van der Waals surface area contributed by atoms with E-state index in [9.17, 15) is 25.1 Å². The van der Waals surface area contributed by atoms with Gasteiger partial charge in [-0.2, -0.15) is 5.26 Å². The van der Waals surface area contributed by atoms with Crippen molar-refractivity contribution in [3.05, 3.63) is 64.3 Å². The maximum Gasteiger partial charge on any atom is 0.318 e. The molecule has 2 aromatic carbocycles. The van der Waals surface area contributed by atoms with Gasteiger partial charge in [0.15, 0.2) is 5.92 Å². The molecular formula is C22H18ClN3O5. The van der Waals surface area contributed by atoms with Gasteiger partial charge in [0.2, 0.25) is 0 Å². The summed E-state index contributed by atoms with van der Waals surface area (Å²) < 4.78 is 5.15. The normalized spacial score (nSPS) is 10.6. The second kappa shape index (κ2) is 9.32. The van der Waals surface area contributed by atoms with E-state index < -0.39 is 17.9 Å². The molecule has 0 saturated heterocycles. The van der Waals surface area contributed by atoms with Crippen LogP contribution in [0, 0.1) is 17.2 Å². The number of anilines is 1. The first-order chi connectivity index (χ1) is 14.8. The number of nitrogens with one attached hydrogen (secondary N) is 1. The van der Waals surface area contributed by atoms with Crippen LogP contribution in [0.2, 0.25) is 5.02 Å². The van der Waals surface area contributed by atoms with Crippen LogP contribution in [0.3, 0.4) is 0 Å². The molecule has 3 N–H and O–H groups in total. The minimum Gasteiger partial charge on any atom is -0.495 e. The first-order valence-electron chi connectivity index (χ1n) is 9.17. The molecule has 0 saturated carbocycles. The Balaban J connectivity index is 2.04. The molecular weight excluding hydrogens is 422 g/mol. The van der Waals surface area contributed by atoms with Gasteiger partial charge < -0.3 is 20.3 Å². The zero-order chi connectivity index (χ0) is 22.5. The predicted octanol–water partition coefficient (Wildman–Crippen LogP) is 3.71. The van der Waals surface area contributed by atoms with Gasteiger partial charge in [0.25, 0.3) is 0 Å². The number of aromatic nitrogens is 1. The van der Waals surface area contributed by atoms with Crippen molar-refractivity contribution >= 4 is 40.1 Å². The molecule has 0 amide bonds. The number of benzene rings is 2. The molecule has 0 unspecified atom stereocenters. The number of carboxylic acid groups (broad SMARTS) is 2. The summed E-state index contributed by atoms with van der Waals surface area (Å²) in [6.07, 6.45) is 1.19. The average Bonchev–Trinajstić information content (AvgIpc) is 2.75. The third-order valence-electron chi connectivity index (χ3n) is 4.78. The SMILES string of the molecule is COc1ccc(CNc2c(CC(C(=O)O)C(=O)O)cnc3ccc(C#N)cc23)cc1Cl. The van der Waals surface area contributed by atoms with Crippen molar-refractivity contribution in [2.45, 2.75) is 13.0 Å². The Bertz CT molecular complexity index is 1190. The molecule has 0 aliphatic rings. The number of rotatable bonds is 8. The van der Waals surface area contributed by atoms with Crippen molar-refractivity contribution in [1.82, 2.24) is 4.98 Å². The highest BCUT2D eigenvalue weighted by molar-refractivity contribution is 6.32. The van der Waals surface area contributed by atoms with Gasteiger partial charge >= 0.3 is 11.9 Å². The minimum atomic E-state index is -1.63. The largest absolute Gasteiger partial charge is 0.495 e. The first-order valence-corrected chi connectivity index (χ1v) is 9.55. The summed E-state index contributed by atoms with van der Waals surface area (Å²) in [5.41, 5.74) is 2.74. The van der Waals surface area contributed by atoms with Gasteiger partial charge in [-0.25, -0.2) is 0 Å². The standard InChI is InChI=1S/C22H18ClN3O5/c1-31-19-5-3-13(7-17(19)23)10-26-20-14(8-16(21(27)28)22(29)30)11-25-18-4-2-12(9-24)6-15(18)20/h2-7,11,16H,8,10H2,1H3,(H,25,26)(H,27,28)(H,29,30). The number of ether oxygens (including phenoxy) is 1. The monoisotopic (exact) mass is 439 g/mol. The highest BCUT2D eigenvalue weighted by Crippen LogP contribution is 2.30. The highest BCUT2D eigenvalue weighted by atomic mass is 35.5. The molecule has 0 atom stereocenters. The molecule has 1 aromatic heterocycles. The Morgan fingerprint density at radius 3 is 2.58 bits per heavy atom. The number of pyridine rings is 1. The zero-order valence-corrected chi connectivity index (χ0v) is 17.2. The van der Waals surface area contributed by atoms with Crippen molar-refractivity contribution in [2.75, 3.05) is 12.4 Å². The van der Waals surface area contributed by atoms with E-state index in [0.717, 1.165) is 5.56 Å². The summed E-state index contributed by atoms with van der Waals surface area (Å²) in [5, 5.41) is 32.1. The molecule has 0 radical (unpaired) electrons. The van der Waals surface area contributed by atoms with Gasteiger partial charge in [-0.1, -0.05) is 17.7 Å². The zero-order valence-electron chi connectivity index (χ0n) is 16.4. The van der Waals surface area contributed by atoms with Crippen molar-refractivity contribution in [3.8, 4) is 11.8 Å². The van der Waals surface area contributed by atoms with E-state index in [-0.39, 0.29) is 6.42 Å². The van der Waals surface area contributed by atoms with Crippen LogP contribution >= 0.6 is 11.6 Å². The molecule has 0 bridgehead atoms. The number of nitriles is 1. The first kappa shape index (κ1) is 21.9. The fraction of sp³-hybridized carbons (Fsp3) is 0.182. The number of fused-ring (bicyclic) bond motifs is 1. The number of hydrogen-bond donors (Lipinski definition) is 3. The van der Waals surface area contributed by atoms with E-state index in [4.69, 9.17) is 16.3 Å². The number of aliphatic carboxylic acids is 2. The lowest BCUT2D eigenvalue weighted by atomic mass is 9.97. The third-order valence-corrected chi connectivity index (χ3v) is 5.08. The number of carbonyl (C=O) groups is 2. The van der Waals surface area contributed by atoms with Crippen molar-refractivity contribution in [3.63, 3.8) is 0 Å². The Kier molecular flexibility index (Phi) is 6.58. The van der Waals surface area contributed by atoms with Gasteiger partial charge in [0.1, 0.15) is 5.75 Å². The van der Waals surface area contributed by atoms with E-state index in [1.54, 1.807) is 30.3 Å². The Morgan fingerprint density at radius 1 is 1.23 bits per heavy atom. The average molecular weight is 440 g/mol. The summed E-state index contributed by atoms with van der Waals surface area (Å²) >= 11 is 6.19. The summed E-state index contributed by atoms with van der Waals surface area (Å²) in [4.78, 5) is 27.1. The Hall–Kier alpha value is -3.83. The number of methoxy groups -OCH3 is 1. The topological polar surface area (TPSA) is 133 Å². The molecule has 0 aliphatic carbocycles. The Labute approximate surface area is 182 Å². The van der Waals surface area contributed by atoms with E-state index in [2.05, 4.69) is 16.4 Å². The van der Waals surface area contributed by atoms with Crippen LogP contribution in [0.1, 0.15) is 16.7 Å². The molecule has 0 aliphatic heterocycles. The molecule has 3 rings (SSSR count). The highest BCUT2D eigenvalue weighted by Gasteiger charge is 2.27. The smallest absolute Gasteiger partial charge is 0.318 e. The second-order valence-electron chi connectivity index (χ2n) is 6.76. The number of halogens is 1. The third kappa shape index (κ3) is 4.85. The van der Waals surface area contributed by atoms with Crippen LogP contribution in [-0.4, -0.2) is 34.2 Å². The summed E-state index contributed by atoms with van der Waals surface area (Å²) in [6, 6.07) is 12.3. The van der Waals surface area contributed by atoms with Gasteiger partial charge in [-0.3, -0.25) is 14.6 Å². The fourth-order valence-corrected chi connectivity index (χ4v) is 3.46. The van der Waals surface area contributed by atoms with E-state index in [1.165, 1.54) is 13.3 Å². The van der Waals surface area contributed by atoms with Crippen molar-refractivity contribution in [1.29, 1.82) is 5.26 Å². The number of carboxylic acids is 2. The van der Waals surface area contributed by atoms with Gasteiger partial charge in [0.05, 0.1) is 29.3 Å². The Morgan fingerprint density at radius 2 is 1.97 bits per heavy atom. The maximum atomic E-state index is 11.4. The molecule has 1 heterocycles. The van der Waals surface area contributed by atoms with Crippen LogP contribution in [0.25, 0.3) is 10.9 Å². The molecule has 9 heteroatoms. The molecule has 158 valence electrons. The van der Waals surface area contributed by atoms with Gasteiger partial charge in [0, 0.05) is 23.8 Å². The maximum absolute atomic E-state index is 11.4. The summed E-state index contributed by atoms with van der Waals surface area (Å²) in [7, 11) is 1.52. The molecule has 3 aromatic rings. The molecule has 0 spiro atoms. The predicted molar refractivity (Wildman–Crippen MR) is 114 cm³/mol. The molecule has 8 nitrogen and oxygen atoms in total. The van der Waals surface area contributed by atoms with E-state index in [0.29, 0.717) is 45.0 Å². The lowest BCUT2D eigenvalue weighted by molar-refractivity contribution is -0.154. The van der Waals surface area contributed by atoms with Crippen LogP contribution in [0.5, 0.6) is 5.75 Å². The quantitative estimate of drug-likeness (QED) is 0.452. The van der Waals surface area contributed by atoms with Crippen LogP contribution in [-0.2, 0) is 22.6 Å².